The van der Waals surface area contributed by atoms with Crippen molar-refractivity contribution in [3.63, 3.8) is 0 Å². The van der Waals surface area contributed by atoms with Gasteiger partial charge in [0.25, 0.3) is 0 Å². The van der Waals surface area contributed by atoms with Crippen LogP contribution >= 0.6 is 11.6 Å². The number of carbonyl (C=O) groups is 1. The second-order valence-electron chi connectivity index (χ2n) is 5.70. The summed E-state index contributed by atoms with van der Waals surface area (Å²) < 4.78 is 47.6. The van der Waals surface area contributed by atoms with Crippen LogP contribution in [0.2, 0.25) is 5.02 Å². The van der Waals surface area contributed by atoms with Crippen LogP contribution in [0, 0.1) is 5.82 Å². The van der Waals surface area contributed by atoms with Crippen molar-refractivity contribution in [3.05, 3.63) is 58.4 Å². The maximum absolute atomic E-state index is 14.2. The van der Waals surface area contributed by atoms with E-state index < -0.39 is 26.5 Å². The van der Waals surface area contributed by atoms with Crippen LogP contribution in [-0.2, 0) is 19.4 Å². The maximum Gasteiger partial charge on any atom is 0.339 e. The van der Waals surface area contributed by atoms with Gasteiger partial charge in [-0.25, -0.2) is 17.6 Å². The van der Waals surface area contributed by atoms with Gasteiger partial charge in [0, 0.05) is 11.8 Å². The summed E-state index contributed by atoms with van der Waals surface area (Å²) >= 11 is 6.01. The number of ether oxygens (including phenoxy) is 2. The van der Waals surface area contributed by atoms with Crippen molar-refractivity contribution < 1.29 is 27.1 Å². The first-order valence-corrected chi connectivity index (χ1v) is 9.73. The van der Waals surface area contributed by atoms with Crippen molar-refractivity contribution in [2.75, 3.05) is 20.0 Å². The van der Waals surface area contributed by atoms with Gasteiger partial charge in [-0.05, 0) is 35.4 Å². The van der Waals surface area contributed by atoms with Crippen molar-refractivity contribution in [3.8, 4) is 5.75 Å². The van der Waals surface area contributed by atoms with Crippen molar-refractivity contribution in [2.24, 2.45) is 0 Å². The lowest BCUT2D eigenvalue weighted by atomic mass is 9.96. The summed E-state index contributed by atoms with van der Waals surface area (Å²) in [6.07, 6.45) is 0.929. The number of esters is 1. The lowest BCUT2D eigenvalue weighted by molar-refractivity contribution is -0.133. The topological polar surface area (TPSA) is 69.7 Å². The maximum atomic E-state index is 14.2. The van der Waals surface area contributed by atoms with Crippen LogP contribution in [0.1, 0.15) is 11.1 Å². The van der Waals surface area contributed by atoms with Gasteiger partial charge in [0.1, 0.15) is 23.1 Å². The largest absolute Gasteiger partial charge is 0.495 e. The molecule has 0 N–H and O–H groups in total. The van der Waals surface area contributed by atoms with Gasteiger partial charge >= 0.3 is 5.97 Å². The van der Waals surface area contributed by atoms with Crippen molar-refractivity contribution in [1.29, 1.82) is 0 Å². The predicted octanol–water partition coefficient (Wildman–Crippen LogP) is 3.36. The van der Waals surface area contributed by atoms with Gasteiger partial charge in [0.2, 0.25) is 0 Å². The first-order chi connectivity index (χ1) is 12.2. The van der Waals surface area contributed by atoms with Gasteiger partial charge in [-0.3, -0.25) is 0 Å². The molecule has 3 rings (SSSR count). The fourth-order valence-electron chi connectivity index (χ4n) is 2.73. The third kappa shape index (κ3) is 3.32. The molecule has 0 aromatic heterocycles. The fraction of sp³-hybridized carbons (Fsp3) is 0.167. The number of cyclic esters (lactones) is 1. The lowest BCUT2D eigenvalue weighted by Gasteiger charge is -2.09. The Morgan fingerprint density at radius 1 is 1.15 bits per heavy atom. The van der Waals surface area contributed by atoms with Crippen LogP contribution in [0.15, 0.2) is 41.3 Å². The van der Waals surface area contributed by atoms with Crippen LogP contribution in [0.5, 0.6) is 5.75 Å². The summed E-state index contributed by atoms with van der Waals surface area (Å²) in [6.45, 7) is -0.0449. The highest BCUT2D eigenvalue weighted by Crippen LogP contribution is 2.36. The van der Waals surface area contributed by atoms with E-state index in [0.717, 1.165) is 12.3 Å². The summed E-state index contributed by atoms with van der Waals surface area (Å²) in [4.78, 5) is 11.8. The highest BCUT2D eigenvalue weighted by Gasteiger charge is 2.28. The number of halogens is 2. The Balaban J connectivity index is 2.16. The van der Waals surface area contributed by atoms with E-state index in [4.69, 9.17) is 21.1 Å². The lowest BCUT2D eigenvalue weighted by Crippen LogP contribution is -2.02. The van der Waals surface area contributed by atoms with Gasteiger partial charge in [-0.15, -0.1) is 0 Å². The van der Waals surface area contributed by atoms with Crippen molar-refractivity contribution >= 4 is 38.6 Å². The summed E-state index contributed by atoms with van der Waals surface area (Å²) in [5.41, 5.74) is 1.59. The second kappa shape index (κ2) is 6.74. The Hall–Kier alpha value is -2.38. The minimum Gasteiger partial charge on any atom is -0.495 e. The average molecular weight is 397 g/mol. The molecule has 0 radical (unpaired) electrons. The molecule has 0 aliphatic carbocycles. The van der Waals surface area contributed by atoms with E-state index in [0.29, 0.717) is 27.5 Å². The molecule has 2 aromatic carbocycles. The van der Waals surface area contributed by atoms with Gasteiger partial charge in [-0.2, -0.15) is 0 Å². The van der Waals surface area contributed by atoms with Crippen molar-refractivity contribution in [2.45, 2.75) is 4.90 Å². The monoisotopic (exact) mass is 396 g/mol. The SMILES string of the molecule is COc1cc(C2=C(c3ccc(S(C)(=O)=O)c(F)c3)COC2=O)ccc1Cl. The number of sulfone groups is 1. The van der Waals surface area contributed by atoms with Crippen LogP contribution < -0.4 is 4.74 Å². The summed E-state index contributed by atoms with van der Waals surface area (Å²) in [5.74, 6) is -1.06. The second-order valence-corrected chi connectivity index (χ2v) is 8.09. The van der Waals surface area contributed by atoms with Gasteiger partial charge in [0.15, 0.2) is 9.84 Å². The van der Waals surface area contributed by atoms with Crippen LogP contribution in [-0.4, -0.2) is 34.4 Å². The van der Waals surface area contributed by atoms with E-state index in [9.17, 15) is 17.6 Å². The molecule has 2 aromatic rings. The highest BCUT2D eigenvalue weighted by atomic mass is 35.5. The van der Waals surface area contributed by atoms with Gasteiger partial charge in [-0.1, -0.05) is 23.7 Å². The number of hydrogen-bond donors (Lipinski definition) is 0. The van der Waals surface area contributed by atoms with E-state index in [1.54, 1.807) is 18.2 Å². The third-order valence-corrected chi connectivity index (χ3v) is 5.42. The number of rotatable bonds is 4. The summed E-state index contributed by atoms with van der Waals surface area (Å²) in [5, 5.41) is 0.383. The molecule has 0 bridgehead atoms. The van der Waals surface area contributed by atoms with Gasteiger partial charge in [0.05, 0.1) is 17.7 Å². The van der Waals surface area contributed by atoms with Crippen LogP contribution in [0.25, 0.3) is 11.1 Å². The molecule has 8 heteroatoms. The molecule has 1 aliphatic rings. The van der Waals surface area contributed by atoms with E-state index in [-0.39, 0.29) is 12.2 Å². The number of hydrogen-bond acceptors (Lipinski definition) is 5. The first-order valence-electron chi connectivity index (χ1n) is 7.46. The zero-order chi connectivity index (χ0) is 19.1. The Morgan fingerprint density at radius 2 is 1.85 bits per heavy atom. The molecule has 1 aliphatic heterocycles. The molecular weight excluding hydrogens is 383 g/mol. The molecule has 0 unspecified atom stereocenters. The van der Waals surface area contributed by atoms with E-state index in [1.165, 1.54) is 19.2 Å². The smallest absolute Gasteiger partial charge is 0.339 e. The normalized spacial score (nSPS) is 14.5. The quantitative estimate of drug-likeness (QED) is 0.741. The molecular formula is C18H14ClFO5S. The molecule has 0 saturated heterocycles. The first kappa shape index (κ1) is 18.4. The number of benzene rings is 2. The molecule has 0 saturated carbocycles. The molecule has 0 amide bonds. The van der Waals surface area contributed by atoms with Crippen LogP contribution in [0.4, 0.5) is 4.39 Å². The summed E-state index contributed by atoms with van der Waals surface area (Å²) in [7, 11) is -2.23. The standard InChI is InChI=1S/C18H14ClFO5S/c1-24-15-8-11(3-5-13(15)19)17-12(9-25-18(17)21)10-4-6-16(14(20)7-10)26(2,22)23/h3-8H,9H2,1-2H3. The zero-order valence-corrected chi connectivity index (χ0v) is 15.4. The van der Waals surface area contributed by atoms with Crippen LogP contribution in [0.3, 0.4) is 0 Å². The average Bonchev–Trinajstić information content (AvgIpc) is 2.96. The van der Waals surface area contributed by atoms with Gasteiger partial charge < -0.3 is 9.47 Å². The molecule has 26 heavy (non-hydrogen) atoms. The fourth-order valence-corrected chi connectivity index (χ4v) is 3.65. The van der Waals surface area contributed by atoms with E-state index in [2.05, 4.69) is 0 Å². The Kier molecular flexibility index (Phi) is 4.77. The highest BCUT2D eigenvalue weighted by molar-refractivity contribution is 7.90. The molecule has 1 heterocycles. The molecule has 136 valence electrons. The summed E-state index contributed by atoms with van der Waals surface area (Å²) in [6, 6.07) is 8.51. The minimum absolute atomic E-state index is 0.0449. The van der Waals surface area contributed by atoms with E-state index >= 15 is 0 Å². The zero-order valence-electron chi connectivity index (χ0n) is 13.9. The number of carbonyl (C=O) groups excluding carboxylic acids is 1. The van der Waals surface area contributed by atoms with Crippen molar-refractivity contribution in [1.82, 2.24) is 0 Å². The van der Waals surface area contributed by atoms with E-state index in [1.807, 2.05) is 0 Å². The third-order valence-electron chi connectivity index (χ3n) is 3.97. The molecule has 0 fully saturated rings. The molecule has 0 spiro atoms. The molecule has 5 nitrogen and oxygen atoms in total. The Labute approximate surface area is 154 Å². The predicted molar refractivity (Wildman–Crippen MR) is 95.3 cm³/mol. The molecule has 0 atom stereocenters. The Bertz CT molecular complexity index is 1040. The minimum atomic E-state index is -3.68. The number of methoxy groups -OCH3 is 1. The Morgan fingerprint density at radius 3 is 2.46 bits per heavy atom.